The van der Waals surface area contributed by atoms with Crippen molar-refractivity contribution >= 4 is 79.8 Å². The molecule has 0 atom stereocenters. The highest BCUT2D eigenvalue weighted by atomic mass is 79.9. The van der Waals surface area contributed by atoms with Gasteiger partial charge in [-0.15, -0.1) is 0 Å². The molecule has 1 rings (SSSR count). The minimum atomic E-state index is -4.41. The molecule has 0 unspecified atom stereocenters. The second-order valence-electron chi connectivity index (χ2n) is 3.00. The van der Waals surface area contributed by atoms with Crippen LogP contribution in [0, 0.1) is 0 Å². The topological polar surface area (TPSA) is 80.7 Å². The summed E-state index contributed by atoms with van der Waals surface area (Å²) in [7, 11) is -4.41. The van der Waals surface area contributed by atoms with E-state index in [0.717, 1.165) is 0 Å². The average molecular weight is 532 g/mol. The third-order valence-corrected chi connectivity index (χ3v) is 6.82. The van der Waals surface area contributed by atoms with Crippen molar-refractivity contribution in [2.45, 2.75) is 0 Å². The molecule has 100 valence electrons. The van der Waals surface area contributed by atoms with Crippen LogP contribution in [-0.2, 0) is 14.9 Å². The van der Waals surface area contributed by atoms with Crippen molar-refractivity contribution in [2.75, 3.05) is 5.75 Å². The Balaban J connectivity index is 3.03. The predicted molar refractivity (Wildman–Crippen MR) is 79.3 cm³/mol. The maximum Gasteiger partial charge on any atom is 0.329 e. The largest absolute Gasteiger partial charge is 0.424 e. The molecule has 18 heavy (non-hydrogen) atoms. The van der Waals surface area contributed by atoms with E-state index >= 15 is 0 Å². The number of carbonyl (C=O) groups is 1. The van der Waals surface area contributed by atoms with Crippen molar-refractivity contribution in [2.24, 2.45) is 0 Å². The van der Waals surface area contributed by atoms with Gasteiger partial charge in [0.05, 0.1) is 8.95 Å². The number of hydrogen-bond acceptors (Lipinski definition) is 4. The fourth-order valence-electron chi connectivity index (χ4n) is 0.926. The molecule has 0 aromatic heterocycles. The van der Waals surface area contributed by atoms with E-state index in [1.165, 1.54) is 6.07 Å². The summed E-state index contributed by atoms with van der Waals surface area (Å²) in [5, 5.41) is 0. The molecule has 0 radical (unpaired) electrons. The Kier molecular flexibility index (Phi) is 5.81. The number of hydrogen-bond donors (Lipinski definition) is 1. The first-order valence-corrected chi connectivity index (χ1v) is 8.88. The van der Waals surface area contributed by atoms with Crippen molar-refractivity contribution in [1.82, 2.24) is 0 Å². The van der Waals surface area contributed by atoms with E-state index in [1.54, 1.807) is 0 Å². The Morgan fingerprint density at radius 2 is 1.72 bits per heavy atom. The second-order valence-corrected chi connectivity index (χ2v) is 7.68. The van der Waals surface area contributed by atoms with Crippen LogP contribution in [0.4, 0.5) is 0 Å². The molecular weight excluding hydrogens is 528 g/mol. The van der Waals surface area contributed by atoms with E-state index in [0.29, 0.717) is 17.9 Å². The van der Waals surface area contributed by atoms with E-state index in [2.05, 4.69) is 63.7 Å². The first-order chi connectivity index (χ1) is 8.11. The Morgan fingerprint density at radius 1 is 1.17 bits per heavy atom. The van der Waals surface area contributed by atoms with Crippen LogP contribution < -0.4 is 4.74 Å². The zero-order valence-corrected chi connectivity index (χ0v) is 15.4. The van der Waals surface area contributed by atoms with Crippen molar-refractivity contribution in [3.63, 3.8) is 0 Å². The standard InChI is InChI=1S/C8H4Br4O5S/c9-3-1-4(7(11)8(12)6(3)10)17-5(13)2-18(14,15)16/h1H,2H2,(H,14,15,16). The van der Waals surface area contributed by atoms with Gasteiger partial charge in [-0.3, -0.25) is 9.35 Å². The molecule has 0 heterocycles. The monoisotopic (exact) mass is 528 g/mol. The highest BCUT2D eigenvalue weighted by Crippen LogP contribution is 2.42. The number of ether oxygens (including phenoxy) is 1. The Labute approximate surface area is 137 Å². The summed E-state index contributed by atoms with van der Waals surface area (Å²) in [6.45, 7) is 0. The maximum absolute atomic E-state index is 11.3. The minimum Gasteiger partial charge on any atom is -0.424 e. The zero-order chi connectivity index (χ0) is 14.1. The minimum absolute atomic E-state index is 0.116. The molecule has 0 amide bonds. The third kappa shape index (κ3) is 4.57. The van der Waals surface area contributed by atoms with Crippen LogP contribution in [0.3, 0.4) is 0 Å². The molecule has 0 fully saturated rings. The number of carbonyl (C=O) groups excluding carboxylic acids is 1. The quantitative estimate of drug-likeness (QED) is 0.212. The lowest BCUT2D eigenvalue weighted by molar-refractivity contribution is -0.131. The van der Waals surface area contributed by atoms with Gasteiger partial charge in [0.1, 0.15) is 5.75 Å². The van der Waals surface area contributed by atoms with Gasteiger partial charge in [-0.05, 0) is 69.8 Å². The number of benzene rings is 1. The summed E-state index contributed by atoms with van der Waals surface area (Å²) in [4.78, 5) is 11.3. The van der Waals surface area contributed by atoms with Gasteiger partial charge >= 0.3 is 5.97 Å². The predicted octanol–water partition coefficient (Wildman–Crippen LogP) is 3.53. The lowest BCUT2D eigenvalue weighted by atomic mass is 10.3. The van der Waals surface area contributed by atoms with E-state index in [4.69, 9.17) is 9.29 Å². The van der Waals surface area contributed by atoms with Gasteiger partial charge in [0, 0.05) is 8.95 Å². The van der Waals surface area contributed by atoms with Gasteiger partial charge in [0.15, 0.2) is 5.75 Å². The fraction of sp³-hybridized carbons (Fsp3) is 0.125. The number of halogens is 4. The fourth-order valence-corrected chi connectivity index (χ4v) is 3.34. The molecule has 0 aliphatic carbocycles. The van der Waals surface area contributed by atoms with Crippen molar-refractivity contribution in [1.29, 1.82) is 0 Å². The Hall–Kier alpha value is 0.520. The zero-order valence-electron chi connectivity index (χ0n) is 8.28. The summed E-state index contributed by atoms with van der Waals surface area (Å²) in [6.07, 6.45) is 0. The van der Waals surface area contributed by atoms with Gasteiger partial charge < -0.3 is 4.74 Å². The molecule has 0 saturated heterocycles. The third-order valence-electron chi connectivity index (χ3n) is 1.59. The molecule has 0 spiro atoms. The van der Waals surface area contributed by atoms with Crippen LogP contribution >= 0.6 is 63.7 Å². The summed E-state index contributed by atoms with van der Waals surface area (Å²) in [6, 6.07) is 1.47. The highest BCUT2D eigenvalue weighted by molar-refractivity contribution is 9.15. The number of rotatable bonds is 3. The van der Waals surface area contributed by atoms with Crippen LogP contribution in [-0.4, -0.2) is 24.7 Å². The summed E-state index contributed by atoms with van der Waals surface area (Å²) in [5.41, 5.74) is 0. The van der Waals surface area contributed by atoms with Crippen molar-refractivity contribution in [3.8, 4) is 5.75 Å². The highest BCUT2D eigenvalue weighted by Gasteiger charge is 2.19. The molecule has 1 N–H and O–H groups in total. The van der Waals surface area contributed by atoms with Crippen LogP contribution in [0.15, 0.2) is 24.0 Å². The number of esters is 1. The average Bonchev–Trinajstić information content (AvgIpc) is 2.20. The van der Waals surface area contributed by atoms with Crippen LogP contribution in [0.2, 0.25) is 0 Å². The smallest absolute Gasteiger partial charge is 0.329 e. The summed E-state index contributed by atoms with van der Waals surface area (Å²) < 4.78 is 36.7. The van der Waals surface area contributed by atoms with E-state index < -0.39 is 21.8 Å². The molecule has 0 aliphatic rings. The molecular formula is C8H4Br4O5S. The van der Waals surface area contributed by atoms with Crippen molar-refractivity contribution in [3.05, 3.63) is 24.0 Å². The molecule has 0 bridgehead atoms. The van der Waals surface area contributed by atoms with Gasteiger partial charge in [0.25, 0.3) is 10.1 Å². The van der Waals surface area contributed by atoms with Gasteiger partial charge in [0.2, 0.25) is 0 Å². The van der Waals surface area contributed by atoms with Gasteiger partial charge in [-0.2, -0.15) is 8.42 Å². The maximum atomic E-state index is 11.3. The molecule has 0 aliphatic heterocycles. The Bertz CT molecular complexity index is 598. The lowest BCUT2D eigenvalue weighted by Crippen LogP contribution is -2.20. The van der Waals surface area contributed by atoms with Crippen LogP contribution in [0.5, 0.6) is 5.75 Å². The molecule has 0 saturated carbocycles. The molecule has 10 heteroatoms. The van der Waals surface area contributed by atoms with Gasteiger partial charge in [-0.1, -0.05) is 0 Å². The summed E-state index contributed by atoms with van der Waals surface area (Å²) in [5.74, 6) is -2.07. The molecule has 1 aromatic rings. The molecule has 1 aromatic carbocycles. The van der Waals surface area contributed by atoms with Crippen LogP contribution in [0.1, 0.15) is 0 Å². The van der Waals surface area contributed by atoms with Gasteiger partial charge in [-0.25, -0.2) is 0 Å². The summed E-state index contributed by atoms with van der Waals surface area (Å²) >= 11 is 12.9. The van der Waals surface area contributed by atoms with Crippen molar-refractivity contribution < 1.29 is 22.5 Å². The van der Waals surface area contributed by atoms with E-state index in [1.807, 2.05) is 0 Å². The second kappa shape index (κ2) is 6.31. The Morgan fingerprint density at radius 3 is 2.22 bits per heavy atom. The van der Waals surface area contributed by atoms with E-state index in [-0.39, 0.29) is 5.75 Å². The first-order valence-electron chi connectivity index (χ1n) is 4.10. The SMILES string of the molecule is O=C(CS(=O)(=O)O)Oc1cc(Br)c(Br)c(Br)c1Br. The first kappa shape index (κ1) is 16.6. The molecule has 5 nitrogen and oxygen atoms in total. The van der Waals surface area contributed by atoms with Crippen LogP contribution in [0.25, 0.3) is 0 Å². The normalized spacial score (nSPS) is 11.4. The van der Waals surface area contributed by atoms with E-state index in [9.17, 15) is 13.2 Å². The lowest BCUT2D eigenvalue weighted by Gasteiger charge is -2.09.